The van der Waals surface area contributed by atoms with Gasteiger partial charge in [-0.3, -0.25) is 0 Å². The maximum absolute atomic E-state index is 13.2. The average Bonchev–Trinajstić information content (AvgIpc) is 2.67. The third-order valence-electron chi connectivity index (χ3n) is 4.46. The van der Waals surface area contributed by atoms with Crippen molar-refractivity contribution < 1.29 is 28.5 Å². The molecular weight excluding hydrogens is 393 g/mol. The van der Waals surface area contributed by atoms with Crippen molar-refractivity contribution in [1.29, 1.82) is 5.41 Å². The maximum Gasteiger partial charge on any atom is 0.354 e. The van der Waals surface area contributed by atoms with Crippen molar-refractivity contribution in [2.24, 2.45) is 5.92 Å². The molecule has 3 N–H and O–H groups in total. The number of rotatable bonds is 10. The molecule has 1 aliphatic rings. The summed E-state index contributed by atoms with van der Waals surface area (Å²) in [5.41, 5.74) is 0.852. The van der Waals surface area contributed by atoms with Gasteiger partial charge < -0.3 is 30.0 Å². The number of anilines is 2. The number of hydrogen-bond acceptors (Lipinski definition) is 7. The van der Waals surface area contributed by atoms with Crippen molar-refractivity contribution in [3.05, 3.63) is 47.4 Å². The molecule has 160 valence electrons. The van der Waals surface area contributed by atoms with Gasteiger partial charge >= 0.3 is 5.97 Å². The predicted molar refractivity (Wildman–Crippen MR) is 109 cm³/mol. The van der Waals surface area contributed by atoms with E-state index in [1.165, 1.54) is 30.3 Å². The molecule has 0 atom stereocenters. The topological polar surface area (TPSA) is 114 Å². The zero-order valence-corrected chi connectivity index (χ0v) is 16.8. The summed E-state index contributed by atoms with van der Waals surface area (Å²) in [6.07, 6.45) is 0.0461. The molecule has 1 aromatic heterocycles. The van der Waals surface area contributed by atoms with Crippen LogP contribution in [0, 0.1) is 17.1 Å². The summed E-state index contributed by atoms with van der Waals surface area (Å²) in [5.74, 6) is -1.42. The number of aromatic nitrogens is 1. The first-order valence-corrected chi connectivity index (χ1v) is 9.57. The zero-order chi connectivity index (χ0) is 21.7. The van der Waals surface area contributed by atoms with Gasteiger partial charge in [-0.2, -0.15) is 0 Å². The van der Waals surface area contributed by atoms with E-state index in [-0.39, 0.29) is 41.6 Å². The predicted octanol–water partition coefficient (Wildman–Crippen LogP) is 3.48. The molecule has 0 amide bonds. The first-order chi connectivity index (χ1) is 14.3. The van der Waals surface area contributed by atoms with Gasteiger partial charge in [0, 0.05) is 17.5 Å². The first-order valence-electron chi connectivity index (χ1n) is 9.57. The van der Waals surface area contributed by atoms with Gasteiger partial charge in [-0.25, -0.2) is 14.2 Å². The lowest BCUT2D eigenvalue weighted by Gasteiger charge is -2.26. The van der Waals surface area contributed by atoms with E-state index in [9.17, 15) is 14.3 Å². The minimum absolute atomic E-state index is 0.0461. The Labute approximate surface area is 173 Å². The Kier molecular flexibility index (Phi) is 6.96. The van der Waals surface area contributed by atoms with Gasteiger partial charge in [0.2, 0.25) is 0 Å². The minimum atomic E-state index is -1.23. The molecule has 0 radical (unpaired) electrons. The second kappa shape index (κ2) is 9.64. The molecule has 1 aromatic carbocycles. The van der Waals surface area contributed by atoms with Crippen LogP contribution in [0.5, 0.6) is 5.75 Å². The summed E-state index contributed by atoms with van der Waals surface area (Å²) in [6, 6.07) is 6.85. The van der Waals surface area contributed by atoms with E-state index in [2.05, 4.69) is 10.3 Å². The van der Waals surface area contributed by atoms with Crippen LogP contribution in [0.25, 0.3) is 0 Å². The summed E-state index contributed by atoms with van der Waals surface area (Å²) in [5, 5.41) is 21.0. The number of aromatic carboxylic acids is 1. The first kappa shape index (κ1) is 21.7. The molecular formula is C21H24FN3O5. The van der Waals surface area contributed by atoms with Crippen molar-refractivity contribution in [2.45, 2.75) is 20.0 Å². The summed E-state index contributed by atoms with van der Waals surface area (Å²) >= 11 is 0. The van der Waals surface area contributed by atoms with Crippen molar-refractivity contribution in [1.82, 2.24) is 4.98 Å². The van der Waals surface area contributed by atoms with E-state index in [0.717, 1.165) is 0 Å². The van der Waals surface area contributed by atoms with E-state index in [1.54, 1.807) is 0 Å². The summed E-state index contributed by atoms with van der Waals surface area (Å²) < 4.78 is 29.7. The van der Waals surface area contributed by atoms with Gasteiger partial charge in [0.1, 0.15) is 30.1 Å². The van der Waals surface area contributed by atoms with Crippen LogP contribution in [0.4, 0.5) is 15.9 Å². The van der Waals surface area contributed by atoms with Crippen LogP contribution >= 0.6 is 0 Å². The lowest BCUT2D eigenvalue weighted by Crippen LogP contribution is -2.37. The monoisotopic (exact) mass is 417 g/mol. The Hall–Kier alpha value is -3.04. The van der Waals surface area contributed by atoms with Gasteiger partial charge in [0.05, 0.1) is 25.4 Å². The van der Waals surface area contributed by atoms with Crippen LogP contribution in [0.1, 0.15) is 29.9 Å². The van der Waals surface area contributed by atoms with Gasteiger partial charge in [-0.1, -0.05) is 13.8 Å². The molecule has 2 aromatic rings. The fraction of sp³-hybridized carbons (Fsp3) is 0.381. The average molecular weight is 417 g/mol. The van der Waals surface area contributed by atoms with Crippen LogP contribution in [0.3, 0.4) is 0 Å². The number of carboxylic acids is 1. The standard InChI is InChI=1S/C21H24FN3O5/c1-12(2)19(23)18-17(30-8-7-29-15-10-28-11-15)9-16(21(26)27)25-20(18)24-14-5-3-13(22)4-6-14/h3-6,9,12,15,23H,7-8,10-11H2,1-2H3,(H,24,25)(H,26,27). The Balaban J connectivity index is 1.92. The highest BCUT2D eigenvalue weighted by molar-refractivity contribution is 6.07. The van der Waals surface area contributed by atoms with Crippen LogP contribution in [-0.2, 0) is 9.47 Å². The Morgan fingerprint density at radius 2 is 2.03 bits per heavy atom. The number of benzene rings is 1. The van der Waals surface area contributed by atoms with Crippen molar-refractivity contribution in [3.63, 3.8) is 0 Å². The molecule has 30 heavy (non-hydrogen) atoms. The highest BCUT2D eigenvalue weighted by Gasteiger charge is 2.23. The van der Waals surface area contributed by atoms with Crippen molar-refractivity contribution in [2.75, 3.05) is 31.7 Å². The van der Waals surface area contributed by atoms with Crippen LogP contribution in [-0.4, -0.2) is 54.3 Å². The van der Waals surface area contributed by atoms with E-state index >= 15 is 0 Å². The fourth-order valence-corrected chi connectivity index (χ4v) is 2.73. The number of nitrogens with zero attached hydrogens (tertiary/aromatic N) is 1. The fourth-order valence-electron chi connectivity index (χ4n) is 2.73. The molecule has 2 heterocycles. The van der Waals surface area contributed by atoms with E-state index in [1.807, 2.05) is 13.8 Å². The van der Waals surface area contributed by atoms with E-state index in [4.69, 9.17) is 19.6 Å². The summed E-state index contributed by atoms with van der Waals surface area (Å²) in [7, 11) is 0. The lowest BCUT2D eigenvalue weighted by atomic mass is 9.99. The maximum atomic E-state index is 13.2. The Bertz CT molecular complexity index is 914. The van der Waals surface area contributed by atoms with Crippen LogP contribution in [0.15, 0.2) is 30.3 Å². The molecule has 1 aliphatic heterocycles. The van der Waals surface area contributed by atoms with E-state index in [0.29, 0.717) is 31.1 Å². The van der Waals surface area contributed by atoms with Crippen molar-refractivity contribution in [3.8, 4) is 5.75 Å². The Morgan fingerprint density at radius 3 is 2.60 bits per heavy atom. The molecule has 0 spiro atoms. The Morgan fingerprint density at radius 1 is 1.33 bits per heavy atom. The second-order valence-electron chi connectivity index (χ2n) is 7.11. The van der Waals surface area contributed by atoms with Gasteiger partial charge in [-0.15, -0.1) is 0 Å². The largest absolute Gasteiger partial charge is 0.490 e. The molecule has 1 saturated heterocycles. The molecule has 0 saturated carbocycles. The number of carboxylic acid groups (broad SMARTS) is 1. The normalized spacial score (nSPS) is 13.7. The lowest BCUT2D eigenvalue weighted by molar-refractivity contribution is -0.132. The molecule has 9 heteroatoms. The van der Waals surface area contributed by atoms with Crippen LogP contribution in [0.2, 0.25) is 0 Å². The zero-order valence-electron chi connectivity index (χ0n) is 16.8. The highest BCUT2D eigenvalue weighted by atomic mass is 19.1. The summed E-state index contributed by atoms with van der Waals surface area (Å²) in [6.45, 7) is 5.26. The molecule has 3 rings (SSSR count). The van der Waals surface area contributed by atoms with Gasteiger partial charge in [-0.05, 0) is 30.2 Å². The smallest absolute Gasteiger partial charge is 0.354 e. The number of carbonyl (C=O) groups is 1. The van der Waals surface area contributed by atoms with E-state index < -0.39 is 11.8 Å². The van der Waals surface area contributed by atoms with Crippen LogP contribution < -0.4 is 10.1 Å². The number of nitrogens with one attached hydrogen (secondary N) is 2. The molecule has 0 unspecified atom stereocenters. The minimum Gasteiger partial charge on any atom is -0.490 e. The quantitative estimate of drug-likeness (QED) is 0.401. The third kappa shape index (κ3) is 5.31. The summed E-state index contributed by atoms with van der Waals surface area (Å²) in [4.78, 5) is 15.8. The molecule has 0 bridgehead atoms. The highest BCUT2D eigenvalue weighted by Crippen LogP contribution is 2.31. The molecule has 0 aliphatic carbocycles. The third-order valence-corrected chi connectivity index (χ3v) is 4.46. The molecule has 1 fully saturated rings. The number of halogens is 1. The number of hydrogen-bond donors (Lipinski definition) is 3. The SMILES string of the molecule is CC(C)C(=N)c1c(OCCOC2COC2)cc(C(=O)O)nc1Nc1ccc(F)cc1. The molecule has 8 nitrogen and oxygen atoms in total. The van der Waals surface area contributed by atoms with Gasteiger partial charge in [0.25, 0.3) is 0 Å². The second-order valence-corrected chi connectivity index (χ2v) is 7.11. The van der Waals surface area contributed by atoms with Crippen molar-refractivity contribution >= 4 is 23.2 Å². The number of ether oxygens (including phenoxy) is 3. The number of pyridine rings is 1. The van der Waals surface area contributed by atoms with Gasteiger partial charge in [0.15, 0.2) is 5.69 Å².